The second kappa shape index (κ2) is 11.5. The number of benzene rings is 2. The van der Waals surface area contributed by atoms with Crippen LogP contribution in [0, 0.1) is 12.8 Å². The highest BCUT2D eigenvalue weighted by Gasteiger charge is 2.25. The fourth-order valence-corrected chi connectivity index (χ4v) is 3.96. The predicted octanol–water partition coefficient (Wildman–Crippen LogP) is 2.60. The minimum absolute atomic E-state index is 0.0351. The maximum Gasteiger partial charge on any atom is 0.251 e. The number of piperazine rings is 1. The highest BCUT2D eigenvalue weighted by molar-refractivity contribution is 5.97. The Kier molecular flexibility index (Phi) is 8.46. The van der Waals surface area contributed by atoms with E-state index in [1.807, 2.05) is 56.0 Å². The van der Waals surface area contributed by atoms with E-state index in [1.54, 1.807) is 12.1 Å². The van der Waals surface area contributed by atoms with E-state index in [-0.39, 0.29) is 36.6 Å². The summed E-state index contributed by atoms with van der Waals surface area (Å²) in [4.78, 5) is 42.0. The van der Waals surface area contributed by atoms with Gasteiger partial charge in [-0.2, -0.15) is 0 Å². The zero-order valence-corrected chi connectivity index (χ0v) is 19.7. The molecule has 0 spiro atoms. The Balaban J connectivity index is 1.44. The van der Waals surface area contributed by atoms with Crippen molar-refractivity contribution in [1.82, 2.24) is 15.5 Å². The summed E-state index contributed by atoms with van der Waals surface area (Å²) in [5.74, 6) is -0.596. The highest BCUT2D eigenvalue weighted by Crippen LogP contribution is 2.16. The molecule has 7 heteroatoms. The summed E-state index contributed by atoms with van der Waals surface area (Å²) in [6, 6.07) is 16.8. The van der Waals surface area contributed by atoms with E-state index in [9.17, 15) is 14.4 Å². The lowest BCUT2D eigenvalue weighted by Gasteiger charge is -2.36. The number of hydrogen-bond acceptors (Lipinski definition) is 4. The van der Waals surface area contributed by atoms with Crippen LogP contribution in [0.25, 0.3) is 0 Å². The van der Waals surface area contributed by atoms with Crippen LogP contribution < -0.4 is 15.5 Å². The normalized spacial score (nSPS) is 14.7. The van der Waals surface area contributed by atoms with Crippen LogP contribution in [0.2, 0.25) is 0 Å². The number of para-hydroxylation sites is 1. The van der Waals surface area contributed by atoms with Crippen molar-refractivity contribution in [2.45, 2.75) is 33.2 Å². The second-order valence-corrected chi connectivity index (χ2v) is 8.81. The van der Waals surface area contributed by atoms with Crippen molar-refractivity contribution >= 4 is 23.4 Å². The molecule has 1 atom stereocenters. The molecule has 0 bridgehead atoms. The van der Waals surface area contributed by atoms with E-state index >= 15 is 0 Å². The smallest absolute Gasteiger partial charge is 0.251 e. The Bertz CT molecular complexity index is 953. The molecule has 7 nitrogen and oxygen atoms in total. The van der Waals surface area contributed by atoms with E-state index in [1.165, 1.54) is 5.69 Å². The molecule has 33 heavy (non-hydrogen) atoms. The Morgan fingerprint density at radius 2 is 1.64 bits per heavy atom. The first kappa shape index (κ1) is 24.3. The van der Waals surface area contributed by atoms with Crippen molar-refractivity contribution < 1.29 is 14.4 Å². The summed E-state index contributed by atoms with van der Waals surface area (Å²) in [6.07, 6.45) is 0.244. The summed E-state index contributed by atoms with van der Waals surface area (Å²) in [5, 5.41) is 5.66. The van der Waals surface area contributed by atoms with Crippen LogP contribution in [0.15, 0.2) is 54.6 Å². The highest BCUT2D eigenvalue weighted by atomic mass is 16.2. The summed E-state index contributed by atoms with van der Waals surface area (Å²) in [5.41, 5.74) is 2.68. The number of anilines is 1. The van der Waals surface area contributed by atoms with Crippen molar-refractivity contribution in [1.29, 1.82) is 0 Å². The van der Waals surface area contributed by atoms with Gasteiger partial charge in [0.25, 0.3) is 5.91 Å². The summed E-state index contributed by atoms with van der Waals surface area (Å²) < 4.78 is 0. The van der Waals surface area contributed by atoms with Gasteiger partial charge in [0.1, 0.15) is 6.04 Å². The van der Waals surface area contributed by atoms with Crippen LogP contribution in [-0.4, -0.2) is 61.4 Å². The summed E-state index contributed by atoms with van der Waals surface area (Å²) in [7, 11) is 0. The SMILES string of the molecule is Cc1cccc(C(=O)NC(C(=O)NCCC(=O)N2CCN(c3ccccc3)CC2)C(C)C)c1. The molecule has 1 unspecified atom stereocenters. The molecule has 2 aromatic carbocycles. The Labute approximate surface area is 196 Å². The van der Waals surface area contributed by atoms with Crippen LogP contribution in [0.5, 0.6) is 0 Å². The van der Waals surface area contributed by atoms with Crippen LogP contribution in [0.3, 0.4) is 0 Å². The molecule has 1 aliphatic heterocycles. The molecule has 1 fully saturated rings. The standard InChI is InChI=1S/C26H34N4O3/c1-19(2)24(28-25(32)21-9-7-8-20(3)18-21)26(33)27-13-12-23(31)30-16-14-29(15-17-30)22-10-5-4-6-11-22/h4-11,18-19,24H,12-17H2,1-3H3,(H,27,33)(H,28,32). The van der Waals surface area contributed by atoms with Gasteiger partial charge in [0, 0.05) is 50.4 Å². The molecule has 1 aliphatic rings. The molecule has 3 rings (SSSR count). The molecule has 0 radical (unpaired) electrons. The minimum Gasteiger partial charge on any atom is -0.368 e. The van der Waals surface area contributed by atoms with Gasteiger partial charge in [0.15, 0.2) is 0 Å². The monoisotopic (exact) mass is 450 g/mol. The maximum atomic E-state index is 12.7. The number of nitrogens with one attached hydrogen (secondary N) is 2. The number of nitrogens with zero attached hydrogens (tertiary/aromatic N) is 2. The van der Waals surface area contributed by atoms with Crippen LogP contribution >= 0.6 is 0 Å². The number of hydrogen-bond donors (Lipinski definition) is 2. The van der Waals surface area contributed by atoms with E-state index in [4.69, 9.17) is 0 Å². The lowest BCUT2D eigenvalue weighted by Crippen LogP contribution is -2.51. The summed E-state index contributed by atoms with van der Waals surface area (Å²) in [6.45, 7) is 8.87. The number of aryl methyl sites for hydroxylation is 1. The number of rotatable bonds is 8. The van der Waals surface area contributed by atoms with Gasteiger partial charge in [-0.3, -0.25) is 14.4 Å². The Morgan fingerprint density at radius 3 is 2.27 bits per heavy atom. The van der Waals surface area contributed by atoms with Crippen molar-refractivity contribution in [2.75, 3.05) is 37.6 Å². The van der Waals surface area contributed by atoms with Gasteiger partial charge in [-0.1, -0.05) is 49.7 Å². The topological polar surface area (TPSA) is 81.8 Å². The van der Waals surface area contributed by atoms with Crippen molar-refractivity contribution in [3.63, 3.8) is 0 Å². The molecule has 0 saturated carbocycles. The van der Waals surface area contributed by atoms with Gasteiger partial charge in [0.2, 0.25) is 11.8 Å². The first-order chi connectivity index (χ1) is 15.8. The lowest BCUT2D eigenvalue weighted by molar-refractivity contribution is -0.131. The zero-order chi connectivity index (χ0) is 23.8. The first-order valence-corrected chi connectivity index (χ1v) is 11.6. The van der Waals surface area contributed by atoms with Crippen LogP contribution in [0.1, 0.15) is 36.2 Å². The molecule has 3 amide bonds. The molecule has 176 valence electrons. The fourth-order valence-electron chi connectivity index (χ4n) is 3.96. The predicted molar refractivity (Wildman–Crippen MR) is 130 cm³/mol. The fraction of sp³-hybridized carbons (Fsp3) is 0.423. The average molecular weight is 451 g/mol. The zero-order valence-electron chi connectivity index (χ0n) is 19.7. The molecule has 0 aromatic heterocycles. The molecular weight excluding hydrogens is 416 g/mol. The lowest BCUT2D eigenvalue weighted by atomic mass is 10.0. The Hall–Kier alpha value is -3.35. The van der Waals surface area contributed by atoms with E-state index < -0.39 is 6.04 Å². The average Bonchev–Trinajstić information content (AvgIpc) is 2.82. The van der Waals surface area contributed by atoms with Gasteiger partial charge >= 0.3 is 0 Å². The van der Waals surface area contributed by atoms with E-state index in [0.29, 0.717) is 18.7 Å². The largest absolute Gasteiger partial charge is 0.368 e. The van der Waals surface area contributed by atoms with E-state index in [2.05, 4.69) is 27.7 Å². The molecule has 2 aromatic rings. The third-order valence-corrected chi connectivity index (χ3v) is 5.91. The van der Waals surface area contributed by atoms with Crippen LogP contribution in [-0.2, 0) is 9.59 Å². The van der Waals surface area contributed by atoms with Crippen LogP contribution in [0.4, 0.5) is 5.69 Å². The first-order valence-electron chi connectivity index (χ1n) is 11.6. The number of carbonyl (C=O) groups is 3. The molecule has 1 heterocycles. The quantitative estimate of drug-likeness (QED) is 0.648. The second-order valence-electron chi connectivity index (χ2n) is 8.81. The molecule has 0 aliphatic carbocycles. The summed E-state index contributed by atoms with van der Waals surface area (Å²) >= 11 is 0. The molecule has 2 N–H and O–H groups in total. The van der Waals surface area contributed by atoms with Crippen molar-refractivity contribution in [2.24, 2.45) is 5.92 Å². The third-order valence-electron chi connectivity index (χ3n) is 5.91. The van der Waals surface area contributed by atoms with Gasteiger partial charge in [0.05, 0.1) is 0 Å². The van der Waals surface area contributed by atoms with E-state index in [0.717, 1.165) is 18.7 Å². The van der Waals surface area contributed by atoms with Gasteiger partial charge in [-0.05, 0) is 37.1 Å². The number of carbonyl (C=O) groups excluding carboxylic acids is 3. The molecular formula is C26H34N4O3. The van der Waals surface area contributed by atoms with Crippen molar-refractivity contribution in [3.8, 4) is 0 Å². The Morgan fingerprint density at radius 1 is 0.939 bits per heavy atom. The minimum atomic E-state index is -0.664. The maximum absolute atomic E-state index is 12.7. The van der Waals surface area contributed by atoms with Gasteiger partial charge in [-0.15, -0.1) is 0 Å². The van der Waals surface area contributed by atoms with Crippen molar-refractivity contribution in [3.05, 3.63) is 65.7 Å². The van der Waals surface area contributed by atoms with Gasteiger partial charge in [-0.25, -0.2) is 0 Å². The molecule has 1 saturated heterocycles. The van der Waals surface area contributed by atoms with Gasteiger partial charge < -0.3 is 20.4 Å². The third kappa shape index (κ3) is 6.81. The number of amides is 3.